The van der Waals surface area contributed by atoms with Crippen LogP contribution >= 0.6 is 0 Å². The molecule has 0 fully saturated rings. The monoisotopic (exact) mass is 378 g/mol. The van der Waals surface area contributed by atoms with Crippen LogP contribution in [0, 0.1) is 0 Å². The zero-order chi connectivity index (χ0) is 20.1. The van der Waals surface area contributed by atoms with Crippen LogP contribution in [0.5, 0.6) is 5.75 Å². The maximum Gasteiger partial charge on any atom is 0.255 e. The third-order valence-electron chi connectivity index (χ3n) is 4.53. The van der Waals surface area contributed by atoms with Gasteiger partial charge in [0, 0.05) is 43.6 Å². The Morgan fingerprint density at radius 3 is 2.61 bits per heavy atom. The summed E-state index contributed by atoms with van der Waals surface area (Å²) in [5.41, 5.74) is 8.42. The van der Waals surface area contributed by atoms with E-state index in [1.807, 2.05) is 30.3 Å². The van der Waals surface area contributed by atoms with Gasteiger partial charge in [-0.1, -0.05) is 30.3 Å². The molecule has 28 heavy (non-hydrogen) atoms. The van der Waals surface area contributed by atoms with E-state index in [4.69, 9.17) is 10.5 Å². The predicted molar refractivity (Wildman–Crippen MR) is 108 cm³/mol. The largest absolute Gasteiger partial charge is 0.491 e. The molecule has 3 rings (SSSR count). The molecule has 0 aliphatic carbocycles. The summed E-state index contributed by atoms with van der Waals surface area (Å²) in [6, 6.07) is 13.1. The summed E-state index contributed by atoms with van der Waals surface area (Å²) >= 11 is 0. The van der Waals surface area contributed by atoms with Gasteiger partial charge in [-0.3, -0.25) is 14.6 Å². The topological polar surface area (TPSA) is 106 Å². The number of carbonyl (C=O) groups is 2. The minimum Gasteiger partial charge on any atom is -0.491 e. The van der Waals surface area contributed by atoms with Gasteiger partial charge in [0.2, 0.25) is 0 Å². The first-order valence-electron chi connectivity index (χ1n) is 8.82. The molecule has 0 aromatic heterocycles. The van der Waals surface area contributed by atoms with Crippen molar-refractivity contribution in [3.05, 3.63) is 76.6 Å². The molecule has 144 valence electrons. The van der Waals surface area contributed by atoms with E-state index in [1.54, 1.807) is 13.1 Å². The number of hydrogen-bond acceptors (Lipinski definition) is 5. The van der Waals surface area contributed by atoms with Crippen molar-refractivity contribution in [1.29, 1.82) is 0 Å². The van der Waals surface area contributed by atoms with Crippen molar-refractivity contribution in [1.82, 2.24) is 10.6 Å². The van der Waals surface area contributed by atoms with Gasteiger partial charge in [0.1, 0.15) is 5.75 Å². The van der Waals surface area contributed by atoms with E-state index in [0.717, 1.165) is 11.1 Å². The number of carbonyl (C=O) groups excluding carboxylic acids is 2. The molecule has 2 aromatic rings. The number of allylic oxidation sites excluding steroid dienone is 1. The molecule has 0 spiro atoms. The summed E-state index contributed by atoms with van der Waals surface area (Å²) in [6.45, 7) is 0.408. The van der Waals surface area contributed by atoms with Crippen molar-refractivity contribution < 1.29 is 14.3 Å². The number of nitrogens with two attached hydrogens (primary N) is 1. The molecule has 2 aromatic carbocycles. The minimum absolute atomic E-state index is 0.0610. The van der Waals surface area contributed by atoms with E-state index in [-0.39, 0.29) is 17.7 Å². The molecular formula is C21H22N4O3. The number of fused-ring (bicyclic) bond motifs is 1. The standard InChI is InChI=1S/C21H22N4O3/c1-23-11-15(10-22)25-20(26)14-8-16-18(13-6-4-3-5-7-13)12-28-19(16)17(9-14)21(27)24-2/h3-11,18H,12,22H2,1-2H3,(H,24,27)(H,25,26)/t18-/m0/s1. The number of benzene rings is 2. The fraction of sp³-hybridized carbons (Fsp3) is 0.190. The van der Waals surface area contributed by atoms with Crippen LogP contribution in [-0.2, 0) is 0 Å². The number of nitrogens with one attached hydrogen (secondary N) is 2. The van der Waals surface area contributed by atoms with Crippen LogP contribution in [0.1, 0.15) is 37.8 Å². The SMILES string of the molecule is CN=CC(=CN)NC(=O)c1cc(C(=O)NC)c2c(c1)[C@H](c1ccccc1)CO2. The Balaban J connectivity index is 2.06. The number of aliphatic imine (C=N–C) groups is 1. The van der Waals surface area contributed by atoms with Gasteiger partial charge < -0.3 is 21.1 Å². The Kier molecular flexibility index (Phi) is 5.74. The lowest BCUT2D eigenvalue weighted by Gasteiger charge is -2.13. The lowest BCUT2D eigenvalue weighted by atomic mass is 9.90. The molecular weight excluding hydrogens is 356 g/mol. The Morgan fingerprint density at radius 2 is 1.96 bits per heavy atom. The molecule has 4 N–H and O–H groups in total. The first-order valence-corrected chi connectivity index (χ1v) is 8.82. The normalized spacial score (nSPS) is 15.8. The highest BCUT2D eigenvalue weighted by Gasteiger charge is 2.31. The average Bonchev–Trinajstić information content (AvgIpc) is 3.16. The molecule has 0 saturated carbocycles. The summed E-state index contributed by atoms with van der Waals surface area (Å²) in [5, 5.41) is 5.29. The number of nitrogens with zero attached hydrogens (tertiary/aromatic N) is 1. The molecule has 0 unspecified atom stereocenters. The van der Waals surface area contributed by atoms with Crippen molar-refractivity contribution >= 4 is 18.0 Å². The molecule has 1 aliphatic heterocycles. The van der Waals surface area contributed by atoms with E-state index in [2.05, 4.69) is 15.6 Å². The van der Waals surface area contributed by atoms with Gasteiger partial charge in [0.05, 0.1) is 17.9 Å². The summed E-state index contributed by atoms with van der Waals surface area (Å²) in [5.74, 6) is -0.254. The van der Waals surface area contributed by atoms with Crippen LogP contribution in [0.3, 0.4) is 0 Å². The van der Waals surface area contributed by atoms with E-state index < -0.39 is 0 Å². The van der Waals surface area contributed by atoms with Crippen molar-refractivity contribution in [3.63, 3.8) is 0 Å². The van der Waals surface area contributed by atoms with Gasteiger partial charge >= 0.3 is 0 Å². The van der Waals surface area contributed by atoms with Crippen LogP contribution in [0.25, 0.3) is 0 Å². The van der Waals surface area contributed by atoms with Gasteiger partial charge in [-0.15, -0.1) is 0 Å². The Hall–Kier alpha value is -3.61. The molecule has 0 saturated heterocycles. The lowest BCUT2D eigenvalue weighted by molar-refractivity contribution is 0.0960. The highest BCUT2D eigenvalue weighted by atomic mass is 16.5. The maximum atomic E-state index is 12.8. The van der Waals surface area contributed by atoms with Gasteiger partial charge in [0.25, 0.3) is 11.8 Å². The number of ether oxygens (including phenoxy) is 1. The second-order valence-electron chi connectivity index (χ2n) is 6.26. The van der Waals surface area contributed by atoms with Crippen LogP contribution < -0.4 is 21.1 Å². The third kappa shape index (κ3) is 3.73. The van der Waals surface area contributed by atoms with Crippen molar-refractivity contribution in [2.45, 2.75) is 5.92 Å². The van der Waals surface area contributed by atoms with E-state index in [9.17, 15) is 9.59 Å². The first kappa shape index (κ1) is 19.2. The zero-order valence-corrected chi connectivity index (χ0v) is 15.7. The van der Waals surface area contributed by atoms with Gasteiger partial charge in [-0.05, 0) is 17.7 Å². The van der Waals surface area contributed by atoms with Crippen molar-refractivity contribution in [2.75, 3.05) is 20.7 Å². The molecule has 0 radical (unpaired) electrons. The lowest BCUT2D eigenvalue weighted by Crippen LogP contribution is -2.25. The third-order valence-corrected chi connectivity index (χ3v) is 4.53. The summed E-state index contributed by atoms with van der Waals surface area (Å²) in [4.78, 5) is 29.0. The number of hydrogen-bond donors (Lipinski definition) is 3. The van der Waals surface area contributed by atoms with E-state index >= 15 is 0 Å². The highest BCUT2D eigenvalue weighted by Crippen LogP contribution is 2.41. The fourth-order valence-electron chi connectivity index (χ4n) is 3.18. The van der Waals surface area contributed by atoms with Crippen LogP contribution in [0.15, 0.2) is 59.4 Å². The second kappa shape index (κ2) is 8.39. The molecule has 1 atom stereocenters. The Labute approximate surface area is 163 Å². The Bertz CT molecular complexity index is 952. The fourth-order valence-corrected chi connectivity index (χ4v) is 3.18. The molecule has 1 aliphatic rings. The predicted octanol–water partition coefficient (Wildman–Crippen LogP) is 1.80. The number of rotatable bonds is 5. The van der Waals surface area contributed by atoms with Gasteiger partial charge in [-0.25, -0.2) is 0 Å². The van der Waals surface area contributed by atoms with Crippen molar-refractivity contribution in [2.24, 2.45) is 10.7 Å². The molecule has 7 nitrogen and oxygen atoms in total. The van der Waals surface area contributed by atoms with Crippen LogP contribution in [-0.4, -0.2) is 38.7 Å². The summed E-state index contributed by atoms with van der Waals surface area (Å²) in [6.07, 6.45) is 2.70. The number of amides is 2. The molecule has 0 bridgehead atoms. The Morgan fingerprint density at radius 1 is 1.21 bits per heavy atom. The highest BCUT2D eigenvalue weighted by molar-refractivity contribution is 6.04. The summed E-state index contributed by atoms with van der Waals surface area (Å²) < 4.78 is 5.85. The first-order chi connectivity index (χ1) is 13.6. The van der Waals surface area contributed by atoms with Crippen LogP contribution in [0.4, 0.5) is 0 Å². The smallest absolute Gasteiger partial charge is 0.255 e. The average molecular weight is 378 g/mol. The second-order valence-corrected chi connectivity index (χ2v) is 6.26. The van der Waals surface area contributed by atoms with E-state index in [1.165, 1.54) is 25.5 Å². The molecule has 7 heteroatoms. The molecule has 2 amide bonds. The van der Waals surface area contributed by atoms with Gasteiger partial charge in [-0.2, -0.15) is 0 Å². The van der Waals surface area contributed by atoms with Crippen LogP contribution in [0.2, 0.25) is 0 Å². The molecule has 1 heterocycles. The zero-order valence-electron chi connectivity index (χ0n) is 15.7. The van der Waals surface area contributed by atoms with E-state index in [0.29, 0.717) is 29.2 Å². The maximum absolute atomic E-state index is 12.8. The van der Waals surface area contributed by atoms with Crippen molar-refractivity contribution in [3.8, 4) is 5.75 Å². The quantitative estimate of drug-likeness (QED) is 0.690. The minimum atomic E-state index is -0.386. The summed E-state index contributed by atoms with van der Waals surface area (Å²) in [7, 11) is 3.12. The van der Waals surface area contributed by atoms with Gasteiger partial charge in [0.15, 0.2) is 0 Å².